The summed E-state index contributed by atoms with van der Waals surface area (Å²) in [4.78, 5) is 38.8. The molecule has 0 aliphatic carbocycles. The molecule has 0 bridgehead atoms. The molecule has 1 unspecified atom stereocenters. The Kier molecular flexibility index (Phi) is 5.92. The van der Waals surface area contributed by atoms with E-state index in [0.29, 0.717) is 5.69 Å². The van der Waals surface area contributed by atoms with Gasteiger partial charge in [0, 0.05) is 43.1 Å². The quantitative estimate of drug-likeness (QED) is 0.515. The minimum absolute atomic E-state index is 0.0875. The number of para-hydroxylation sites is 1. The van der Waals surface area contributed by atoms with Gasteiger partial charge in [-0.1, -0.05) is 18.2 Å². The predicted octanol–water partition coefficient (Wildman–Crippen LogP) is 2.95. The number of rotatable bonds is 6. The fraction of sp³-hybridized carbons (Fsp3) is 0.190. The molecule has 3 rings (SSSR count). The number of aromatic amines is 1. The van der Waals surface area contributed by atoms with Crippen molar-refractivity contribution < 1.29 is 18.8 Å². The van der Waals surface area contributed by atoms with Crippen LogP contribution in [0, 0.1) is 5.82 Å². The van der Waals surface area contributed by atoms with E-state index in [4.69, 9.17) is 0 Å². The van der Waals surface area contributed by atoms with Crippen LogP contribution < -0.4 is 16.0 Å². The molecule has 2 aromatic carbocycles. The van der Waals surface area contributed by atoms with Gasteiger partial charge in [0.15, 0.2) is 0 Å². The third-order valence-corrected chi connectivity index (χ3v) is 4.34. The van der Waals surface area contributed by atoms with Crippen LogP contribution in [0.5, 0.6) is 0 Å². The van der Waals surface area contributed by atoms with Crippen molar-refractivity contribution in [2.45, 2.75) is 26.3 Å². The van der Waals surface area contributed by atoms with E-state index in [2.05, 4.69) is 20.9 Å². The highest BCUT2D eigenvalue weighted by atomic mass is 19.1. The zero-order valence-electron chi connectivity index (χ0n) is 16.0. The Balaban J connectivity index is 1.83. The largest absolute Gasteiger partial charge is 0.361 e. The summed E-state index contributed by atoms with van der Waals surface area (Å²) in [5, 5.41) is 8.58. The minimum atomic E-state index is -0.907. The lowest BCUT2D eigenvalue weighted by Crippen LogP contribution is -2.44. The molecule has 0 fully saturated rings. The standard InChI is InChI=1S/C21H21FN4O3/c1-12(27)24-15-7-8-17(22)19(10-15)26-21(29)20(25-13(2)28)9-14-11-23-18-6-4-3-5-16(14)18/h3-8,10-11,20,23H,9H2,1-2H3,(H,24,27)(H,25,28)(H,26,29). The SMILES string of the molecule is CC(=O)Nc1ccc(F)c(NC(=O)C(Cc2c[nH]c3ccccc23)NC(C)=O)c1. The zero-order valence-corrected chi connectivity index (χ0v) is 16.0. The summed E-state index contributed by atoms with van der Waals surface area (Å²) in [6, 6.07) is 10.6. The lowest BCUT2D eigenvalue weighted by Gasteiger charge is -2.18. The number of carbonyl (C=O) groups excluding carboxylic acids is 3. The van der Waals surface area contributed by atoms with Crippen LogP contribution in [-0.4, -0.2) is 28.7 Å². The second-order valence-electron chi connectivity index (χ2n) is 6.68. The molecule has 7 nitrogen and oxygen atoms in total. The first-order valence-corrected chi connectivity index (χ1v) is 9.03. The number of aromatic nitrogens is 1. The Hall–Kier alpha value is -3.68. The van der Waals surface area contributed by atoms with Gasteiger partial charge in [0.05, 0.1) is 5.69 Å². The van der Waals surface area contributed by atoms with E-state index in [0.717, 1.165) is 22.5 Å². The average Bonchev–Trinajstić information content (AvgIpc) is 3.06. The highest BCUT2D eigenvalue weighted by Gasteiger charge is 2.22. The van der Waals surface area contributed by atoms with Crippen molar-refractivity contribution in [3.05, 3.63) is 60.0 Å². The monoisotopic (exact) mass is 396 g/mol. The molecule has 1 heterocycles. The van der Waals surface area contributed by atoms with Gasteiger partial charge in [-0.25, -0.2) is 4.39 Å². The molecular weight excluding hydrogens is 375 g/mol. The van der Waals surface area contributed by atoms with Gasteiger partial charge < -0.3 is 20.9 Å². The average molecular weight is 396 g/mol. The Morgan fingerprint density at radius 1 is 1.03 bits per heavy atom. The van der Waals surface area contributed by atoms with Crippen LogP contribution in [0.4, 0.5) is 15.8 Å². The van der Waals surface area contributed by atoms with Gasteiger partial charge in [0.1, 0.15) is 11.9 Å². The molecule has 0 spiro atoms. The van der Waals surface area contributed by atoms with Crippen molar-refractivity contribution >= 4 is 40.0 Å². The summed E-state index contributed by atoms with van der Waals surface area (Å²) in [7, 11) is 0. The molecule has 0 saturated heterocycles. The minimum Gasteiger partial charge on any atom is -0.361 e. The van der Waals surface area contributed by atoms with Crippen LogP contribution in [0.25, 0.3) is 10.9 Å². The van der Waals surface area contributed by atoms with Crippen molar-refractivity contribution in [1.29, 1.82) is 0 Å². The van der Waals surface area contributed by atoms with Crippen molar-refractivity contribution in [2.24, 2.45) is 0 Å². The van der Waals surface area contributed by atoms with Gasteiger partial charge in [-0.3, -0.25) is 14.4 Å². The normalized spacial score (nSPS) is 11.7. The molecule has 0 saturated carbocycles. The van der Waals surface area contributed by atoms with Gasteiger partial charge in [0.25, 0.3) is 0 Å². The van der Waals surface area contributed by atoms with E-state index >= 15 is 0 Å². The number of amides is 3. The number of nitrogens with one attached hydrogen (secondary N) is 4. The van der Waals surface area contributed by atoms with E-state index in [1.807, 2.05) is 24.3 Å². The third kappa shape index (κ3) is 4.98. The van der Waals surface area contributed by atoms with E-state index in [1.165, 1.54) is 26.0 Å². The van der Waals surface area contributed by atoms with Gasteiger partial charge in [-0.2, -0.15) is 0 Å². The maximum atomic E-state index is 14.2. The molecule has 150 valence electrons. The summed E-state index contributed by atoms with van der Waals surface area (Å²) in [5.74, 6) is -1.91. The van der Waals surface area contributed by atoms with Gasteiger partial charge in [-0.15, -0.1) is 0 Å². The topological polar surface area (TPSA) is 103 Å². The number of H-pyrrole nitrogens is 1. The number of anilines is 2. The Labute approximate surface area is 166 Å². The number of hydrogen-bond acceptors (Lipinski definition) is 3. The van der Waals surface area contributed by atoms with Gasteiger partial charge in [-0.05, 0) is 29.8 Å². The number of halogens is 1. The van der Waals surface area contributed by atoms with Crippen molar-refractivity contribution in [3.63, 3.8) is 0 Å². The Bertz CT molecular complexity index is 1080. The number of benzene rings is 2. The molecule has 3 amide bonds. The van der Waals surface area contributed by atoms with E-state index < -0.39 is 17.8 Å². The van der Waals surface area contributed by atoms with E-state index in [-0.39, 0.29) is 23.9 Å². The first-order chi connectivity index (χ1) is 13.8. The van der Waals surface area contributed by atoms with Crippen LogP contribution in [0.1, 0.15) is 19.4 Å². The molecule has 1 aromatic heterocycles. The number of hydrogen-bond donors (Lipinski definition) is 4. The van der Waals surface area contributed by atoms with E-state index in [1.54, 1.807) is 6.20 Å². The number of carbonyl (C=O) groups is 3. The first kappa shape index (κ1) is 20.1. The van der Waals surface area contributed by atoms with Crippen molar-refractivity contribution in [2.75, 3.05) is 10.6 Å². The van der Waals surface area contributed by atoms with Gasteiger partial charge in [0.2, 0.25) is 17.7 Å². The van der Waals surface area contributed by atoms with Gasteiger partial charge >= 0.3 is 0 Å². The molecule has 1 atom stereocenters. The van der Waals surface area contributed by atoms with Crippen molar-refractivity contribution in [3.8, 4) is 0 Å². The second kappa shape index (κ2) is 8.55. The van der Waals surface area contributed by atoms with Crippen molar-refractivity contribution in [1.82, 2.24) is 10.3 Å². The Morgan fingerprint density at radius 2 is 1.79 bits per heavy atom. The molecule has 29 heavy (non-hydrogen) atoms. The zero-order chi connectivity index (χ0) is 21.0. The van der Waals surface area contributed by atoms with Crippen LogP contribution >= 0.6 is 0 Å². The van der Waals surface area contributed by atoms with Crippen LogP contribution in [0.2, 0.25) is 0 Å². The lowest BCUT2D eigenvalue weighted by molar-refractivity contribution is -0.125. The maximum absolute atomic E-state index is 14.2. The van der Waals surface area contributed by atoms with Crippen LogP contribution in [-0.2, 0) is 20.8 Å². The summed E-state index contributed by atoms with van der Waals surface area (Å²) in [6.45, 7) is 2.64. The highest BCUT2D eigenvalue weighted by Crippen LogP contribution is 2.22. The molecule has 0 aliphatic heterocycles. The smallest absolute Gasteiger partial charge is 0.247 e. The highest BCUT2D eigenvalue weighted by molar-refractivity contribution is 5.98. The summed E-state index contributed by atoms with van der Waals surface area (Å²) in [5.41, 5.74) is 2.03. The summed E-state index contributed by atoms with van der Waals surface area (Å²) in [6.07, 6.45) is 2.01. The molecular formula is C21H21FN4O3. The lowest BCUT2D eigenvalue weighted by atomic mass is 10.0. The number of fused-ring (bicyclic) bond motifs is 1. The fourth-order valence-corrected chi connectivity index (χ4v) is 3.10. The van der Waals surface area contributed by atoms with E-state index in [9.17, 15) is 18.8 Å². The second-order valence-corrected chi connectivity index (χ2v) is 6.68. The van der Waals surface area contributed by atoms with Crippen LogP contribution in [0.15, 0.2) is 48.7 Å². The molecule has 0 radical (unpaired) electrons. The first-order valence-electron chi connectivity index (χ1n) is 9.03. The Morgan fingerprint density at radius 3 is 2.52 bits per heavy atom. The fourth-order valence-electron chi connectivity index (χ4n) is 3.10. The predicted molar refractivity (Wildman–Crippen MR) is 109 cm³/mol. The molecule has 8 heteroatoms. The molecule has 3 aromatic rings. The molecule has 0 aliphatic rings. The third-order valence-electron chi connectivity index (χ3n) is 4.34. The molecule has 4 N–H and O–H groups in total. The summed E-state index contributed by atoms with van der Waals surface area (Å²) < 4.78 is 14.2. The van der Waals surface area contributed by atoms with Crippen LogP contribution in [0.3, 0.4) is 0 Å². The maximum Gasteiger partial charge on any atom is 0.247 e. The summed E-state index contributed by atoms with van der Waals surface area (Å²) >= 11 is 0.